The normalized spacial score (nSPS) is 10.1. The molecule has 1 rings (SSSR count). The quantitative estimate of drug-likeness (QED) is 0.919. The zero-order valence-electron chi connectivity index (χ0n) is 8.53. The van der Waals surface area contributed by atoms with Crippen LogP contribution < -0.4 is 5.32 Å². The summed E-state index contributed by atoms with van der Waals surface area (Å²) in [5.74, 6) is 0.536. The fourth-order valence-electron chi connectivity index (χ4n) is 0.747. The summed E-state index contributed by atoms with van der Waals surface area (Å²) in [5.41, 5.74) is 0. The number of hydrogen-bond acceptors (Lipinski definition) is 4. The van der Waals surface area contributed by atoms with Crippen molar-refractivity contribution >= 4 is 28.0 Å². The summed E-state index contributed by atoms with van der Waals surface area (Å²) in [6.07, 6.45) is 2.56. The first-order valence-corrected chi connectivity index (χ1v) is 5.28. The Labute approximate surface area is 96.4 Å². The Morgan fingerprint density at radius 2 is 2.13 bits per heavy atom. The van der Waals surface area contributed by atoms with E-state index in [9.17, 15) is 4.79 Å². The van der Waals surface area contributed by atoms with E-state index in [1.807, 2.05) is 13.8 Å². The first-order chi connectivity index (χ1) is 7.08. The highest BCUT2D eigenvalue weighted by Crippen LogP contribution is 2.06. The monoisotopic (exact) mass is 273 g/mol. The highest BCUT2D eigenvalue weighted by molar-refractivity contribution is 9.10. The number of rotatable bonds is 3. The molecule has 0 bridgehead atoms. The molecule has 0 atom stereocenters. The second-order valence-electron chi connectivity index (χ2n) is 3.34. The molecule has 1 aromatic heterocycles. The van der Waals surface area contributed by atoms with Gasteiger partial charge in [-0.15, -0.1) is 0 Å². The highest BCUT2D eigenvalue weighted by atomic mass is 79.9. The molecule has 0 aromatic carbocycles. The van der Waals surface area contributed by atoms with Crippen molar-refractivity contribution < 1.29 is 9.53 Å². The van der Waals surface area contributed by atoms with E-state index in [1.165, 1.54) is 0 Å². The Kier molecular flexibility index (Phi) is 4.48. The minimum Gasteiger partial charge on any atom is -0.449 e. The number of amides is 1. The van der Waals surface area contributed by atoms with Gasteiger partial charge in [-0.1, -0.05) is 13.8 Å². The molecule has 0 aliphatic rings. The zero-order valence-corrected chi connectivity index (χ0v) is 10.1. The molecule has 1 N–H and O–H groups in total. The van der Waals surface area contributed by atoms with Gasteiger partial charge in [0.15, 0.2) is 0 Å². The number of ether oxygens (including phenoxy) is 1. The molecule has 0 spiro atoms. The summed E-state index contributed by atoms with van der Waals surface area (Å²) in [4.78, 5) is 18.9. The van der Waals surface area contributed by atoms with Gasteiger partial charge >= 0.3 is 6.09 Å². The van der Waals surface area contributed by atoms with Crippen molar-refractivity contribution in [1.82, 2.24) is 9.97 Å². The van der Waals surface area contributed by atoms with Crippen molar-refractivity contribution in [3.63, 3.8) is 0 Å². The predicted molar refractivity (Wildman–Crippen MR) is 59.5 cm³/mol. The summed E-state index contributed by atoms with van der Waals surface area (Å²) in [6.45, 7) is 4.30. The average Bonchev–Trinajstić information content (AvgIpc) is 2.19. The van der Waals surface area contributed by atoms with E-state index in [4.69, 9.17) is 4.74 Å². The van der Waals surface area contributed by atoms with Gasteiger partial charge in [-0.25, -0.2) is 14.8 Å². The maximum atomic E-state index is 11.2. The fourth-order valence-corrected chi connectivity index (χ4v) is 0.951. The standard InChI is InChI=1S/C9H12BrN3O2/c1-6(2)5-15-9(14)13-8-11-3-7(10)4-12-8/h3-4,6H,5H2,1-2H3,(H,11,12,13,14). The summed E-state index contributed by atoms with van der Waals surface area (Å²) in [5, 5.41) is 2.42. The third kappa shape index (κ3) is 4.73. The van der Waals surface area contributed by atoms with Crippen LogP contribution in [0.3, 0.4) is 0 Å². The lowest BCUT2D eigenvalue weighted by Crippen LogP contribution is -2.17. The molecule has 0 radical (unpaired) electrons. The van der Waals surface area contributed by atoms with Gasteiger partial charge in [0.1, 0.15) is 0 Å². The van der Waals surface area contributed by atoms with Crippen molar-refractivity contribution in [2.45, 2.75) is 13.8 Å². The molecule has 1 heterocycles. The fraction of sp³-hybridized carbons (Fsp3) is 0.444. The molecule has 15 heavy (non-hydrogen) atoms. The molecule has 1 aromatic rings. The van der Waals surface area contributed by atoms with Gasteiger partial charge in [-0.3, -0.25) is 5.32 Å². The van der Waals surface area contributed by atoms with Crippen LogP contribution in [0.15, 0.2) is 16.9 Å². The van der Waals surface area contributed by atoms with Crippen LogP contribution in [-0.4, -0.2) is 22.7 Å². The summed E-state index contributed by atoms with van der Waals surface area (Å²) < 4.78 is 5.65. The lowest BCUT2D eigenvalue weighted by molar-refractivity contribution is 0.147. The van der Waals surface area contributed by atoms with E-state index in [1.54, 1.807) is 12.4 Å². The Morgan fingerprint density at radius 1 is 1.53 bits per heavy atom. The van der Waals surface area contributed by atoms with Crippen LogP contribution in [0.1, 0.15) is 13.8 Å². The molecule has 1 amide bonds. The maximum Gasteiger partial charge on any atom is 0.414 e. The summed E-state index contributed by atoms with van der Waals surface area (Å²) in [7, 11) is 0. The third-order valence-corrected chi connectivity index (χ3v) is 1.79. The Morgan fingerprint density at radius 3 is 2.67 bits per heavy atom. The number of aromatic nitrogens is 2. The SMILES string of the molecule is CC(C)COC(=O)Nc1ncc(Br)cn1. The zero-order chi connectivity index (χ0) is 11.3. The van der Waals surface area contributed by atoms with E-state index in [0.29, 0.717) is 12.5 Å². The molecule has 0 saturated heterocycles. The minimum absolute atomic E-state index is 0.229. The number of anilines is 1. The Bertz CT molecular complexity index is 327. The number of nitrogens with one attached hydrogen (secondary N) is 1. The molecule has 0 fully saturated rings. The van der Waals surface area contributed by atoms with Crippen LogP contribution in [0.4, 0.5) is 10.7 Å². The van der Waals surface area contributed by atoms with Gasteiger partial charge in [0.25, 0.3) is 0 Å². The molecule has 0 saturated carbocycles. The Balaban J connectivity index is 2.41. The summed E-state index contributed by atoms with van der Waals surface area (Å²) >= 11 is 3.19. The number of carbonyl (C=O) groups excluding carboxylic acids is 1. The van der Waals surface area contributed by atoms with Gasteiger partial charge in [0.05, 0.1) is 11.1 Å². The topological polar surface area (TPSA) is 64.1 Å². The molecule has 0 unspecified atom stereocenters. The Hall–Kier alpha value is -1.17. The number of hydrogen-bond donors (Lipinski definition) is 1. The van der Waals surface area contributed by atoms with Crippen molar-refractivity contribution in [3.05, 3.63) is 16.9 Å². The maximum absolute atomic E-state index is 11.2. The van der Waals surface area contributed by atoms with Crippen molar-refractivity contribution in [1.29, 1.82) is 0 Å². The van der Waals surface area contributed by atoms with Gasteiger partial charge < -0.3 is 4.74 Å². The van der Waals surface area contributed by atoms with E-state index in [2.05, 4.69) is 31.2 Å². The first kappa shape index (κ1) is 11.9. The number of halogens is 1. The van der Waals surface area contributed by atoms with Gasteiger partial charge in [0.2, 0.25) is 5.95 Å². The van der Waals surface area contributed by atoms with Gasteiger partial charge in [-0.2, -0.15) is 0 Å². The van der Waals surface area contributed by atoms with Crippen LogP contribution in [0.25, 0.3) is 0 Å². The van der Waals surface area contributed by atoms with E-state index < -0.39 is 6.09 Å². The van der Waals surface area contributed by atoms with Crippen LogP contribution in [-0.2, 0) is 4.74 Å². The predicted octanol–water partition coefficient (Wildman–Crippen LogP) is 2.44. The average molecular weight is 274 g/mol. The lowest BCUT2D eigenvalue weighted by Gasteiger charge is -2.07. The molecule has 0 aliphatic carbocycles. The van der Waals surface area contributed by atoms with E-state index >= 15 is 0 Å². The molecular weight excluding hydrogens is 262 g/mol. The molecular formula is C9H12BrN3O2. The first-order valence-electron chi connectivity index (χ1n) is 4.49. The van der Waals surface area contributed by atoms with Crippen LogP contribution >= 0.6 is 15.9 Å². The molecule has 5 nitrogen and oxygen atoms in total. The number of nitrogens with zero attached hydrogens (tertiary/aromatic N) is 2. The van der Waals surface area contributed by atoms with Crippen molar-refractivity contribution in [2.75, 3.05) is 11.9 Å². The van der Waals surface area contributed by atoms with Crippen LogP contribution in [0, 0.1) is 5.92 Å². The second kappa shape index (κ2) is 5.65. The van der Waals surface area contributed by atoms with Gasteiger partial charge in [0, 0.05) is 12.4 Å². The van der Waals surface area contributed by atoms with E-state index in [0.717, 1.165) is 4.47 Å². The minimum atomic E-state index is -0.536. The smallest absolute Gasteiger partial charge is 0.414 e. The molecule has 82 valence electrons. The largest absolute Gasteiger partial charge is 0.449 e. The molecule has 6 heteroatoms. The second-order valence-corrected chi connectivity index (χ2v) is 4.26. The molecule has 0 aliphatic heterocycles. The number of carbonyl (C=O) groups is 1. The highest BCUT2D eigenvalue weighted by Gasteiger charge is 2.05. The van der Waals surface area contributed by atoms with Crippen molar-refractivity contribution in [2.24, 2.45) is 5.92 Å². The lowest BCUT2D eigenvalue weighted by atomic mass is 10.2. The van der Waals surface area contributed by atoms with Crippen LogP contribution in [0.5, 0.6) is 0 Å². The van der Waals surface area contributed by atoms with Crippen LogP contribution in [0.2, 0.25) is 0 Å². The van der Waals surface area contributed by atoms with Crippen molar-refractivity contribution in [3.8, 4) is 0 Å². The summed E-state index contributed by atoms with van der Waals surface area (Å²) in [6, 6.07) is 0. The van der Waals surface area contributed by atoms with Gasteiger partial charge in [-0.05, 0) is 21.8 Å². The third-order valence-electron chi connectivity index (χ3n) is 1.38. The van der Waals surface area contributed by atoms with E-state index in [-0.39, 0.29) is 5.95 Å².